The summed E-state index contributed by atoms with van der Waals surface area (Å²) in [5.41, 5.74) is 3.48. The molecule has 3 aromatic heterocycles. The number of hydrogen-bond acceptors (Lipinski definition) is 7. The first-order valence-corrected chi connectivity index (χ1v) is 11.4. The van der Waals surface area contributed by atoms with Crippen LogP contribution in [0.2, 0.25) is 5.02 Å². The maximum atomic E-state index is 11.1. The summed E-state index contributed by atoms with van der Waals surface area (Å²) >= 11 is 8.49. The first-order chi connectivity index (χ1) is 15.5. The van der Waals surface area contributed by atoms with E-state index in [0.717, 1.165) is 38.4 Å². The fourth-order valence-corrected chi connectivity index (χ4v) is 5.92. The lowest BCUT2D eigenvalue weighted by Crippen LogP contribution is -2.15. The summed E-state index contributed by atoms with van der Waals surface area (Å²) in [6.07, 6.45) is 2.05. The number of benzene rings is 1. The molecule has 7 nitrogen and oxygen atoms in total. The number of nitroso groups, excluding NO2 is 1. The molecule has 32 heavy (non-hydrogen) atoms. The molecule has 0 saturated heterocycles. The van der Waals surface area contributed by atoms with Gasteiger partial charge in [0.1, 0.15) is 10.6 Å². The lowest BCUT2D eigenvalue weighted by atomic mass is 9.90. The van der Waals surface area contributed by atoms with Crippen molar-refractivity contribution < 1.29 is 14.9 Å². The average molecular weight is 470 g/mol. The number of ether oxygens (including phenoxy) is 1. The molecule has 3 heterocycles. The van der Waals surface area contributed by atoms with E-state index in [1.54, 1.807) is 18.4 Å². The van der Waals surface area contributed by atoms with Gasteiger partial charge in [-0.2, -0.15) is 4.91 Å². The van der Waals surface area contributed by atoms with Crippen LogP contribution in [-0.2, 0) is 19.4 Å². The second kappa shape index (κ2) is 8.11. The summed E-state index contributed by atoms with van der Waals surface area (Å²) in [5, 5.41) is 24.9. The molecule has 1 aliphatic carbocycles. The van der Waals surface area contributed by atoms with Gasteiger partial charge >= 0.3 is 0 Å². The zero-order chi connectivity index (χ0) is 22.4. The maximum Gasteiger partial charge on any atom is 0.194 e. The van der Waals surface area contributed by atoms with E-state index in [0.29, 0.717) is 23.6 Å². The fourth-order valence-electron chi connectivity index (χ4n) is 4.30. The minimum absolute atomic E-state index is 0.0724. The van der Waals surface area contributed by atoms with Gasteiger partial charge in [0.15, 0.2) is 11.8 Å². The van der Waals surface area contributed by atoms with Crippen molar-refractivity contribution in [3.8, 4) is 28.6 Å². The molecule has 1 aliphatic rings. The van der Waals surface area contributed by atoms with Crippen LogP contribution in [0.15, 0.2) is 41.6 Å². The second-order valence-electron chi connectivity index (χ2n) is 7.80. The fraction of sp³-hybridized carbons (Fsp3) is 0.261. The van der Waals surface area contributed by atoms with E-state index in [9.17, 15) is 15.1 Å². The Hall–Kier alpha value is -3.10. The molecular formula is C23H20ClN3O4S. The zero-order valence-electron chi connectivity index (χ0n) is 17.2. The summed E-state index contributed by atoms with van der Waals surface area (Å²) in [6, 6.07) is 10.3. The molecule has 164 valence electrons. The van der Waals surface area contributed by atoms with Crippen LogP contribution in [0, 0.1) is 4.91 Å². The molecule has 9 heteroatoms. The summed E-state index contributed by atoms with van der Waals surface area (Å²) in [6.45, 7) is 0.115. The predicted octanol–water partition coefficient (Wildman–Crippen LogP) is 5.51. The number of nitrogens with zero attached hydrogens (tertiary/aromatic N) is 3. The third kappa shape index (κ3) is 3.40. The first-order valence-electron chi connectivity index (χ1n) is 10.2. The standard InChI is InChI=1S/C23H20ClN3O4S/c1-31-14-5-2-12(3-6-14)20-21-15-7-4-13(26-30)10-17(15)32-23(21)25-16(22(20)24)11-27-18(28)8-9-19(27)29/h2-3,5-6,8-9,13,28-29H,4,7,10-11H2,1H3. The minimum Gasteiger partial charge on any atom is -0.497 e. The monoisotopic (exact) mass is 469 g/mol. The van der Waals surface area contributed by atoms with Crippen LogP contribution < -0.4 is 4.74 Å². The van der Waals surface area contributed by atoms with E-state index >= 15 is 0 Å². The van der Waals surface area contributed by atoms with Crippen molar-refractivity contribution in [1.29, 1.82) is 0 Å². The Morgan fingerprint density at radius 2 is 1.94 bits per heavy atom. The van der Waals surface area contributed by atoms with Crippen LogP contribution in [0.1, 0.15) is 22.6 Å². The van der Waals surface area contributed by atoms with E-state index in [2.05, 4.69) is 5.18 Å². The lowest BCUT2D eigenvalue weighted by Gasteiger charge is -2.18. The van der Waals surface area contributed by atoms with Crippen molar-refractivity contribution in [2.24, 2.45) is 5.18 Å². The van der Waals surface area contributed by atoms with Gasteiger partial charge in [0.25, 0.3) is 0 Å². The topological polar surface area (TPSA) is 96.9 Å². The van der Waals surface area contributed by atoms with E-state index in [1.165, 1.54) is 22.3 Å². The van der Waals surface area contributed by atoms with Crippen LogP contribution in [0.4, 0.5) is 0 Å². The summed E-state index contributed by atoms with van der Waals surface area (Å²) in [7, 11) is 1.62. The van der Waals surface area contributed by atoms with Gasteiger partial charge in [-0.1, -0.05) is 28.9 Å². The smallest absolute Gasteiger partial charge is 0.194 e. The molecule has 4 aromatic rings. The summed E-state index contributed by atoms with van der Waals surface area (Å²) in [4.78, 5) is 17.9. The summed E-state index contributed by atoms with van der Waals surface area (Å²) < 4.78 is 6.65. The van der Waals surface area contributed by atoms with Crippen molar-refractivity contribution in [2.45, 2.75) is 31.8 Å². The van der Waals surface area contributed by atoms with Crippen molar-refractivity contribution in [2.75, 3.05) is 7.11 Å². The van der Waals surface area contributed by atoms with Gasteiger partial charge in [-0.05, 0) is 36.1 Å². The molecule has 1 aromatic carbocycles. The Morgan fingerprint density at radius 1 is 1.22 bits per heavy atom. The number of hydrogen-bond donors (Lipinski definition) is 2. The van der Waals surface area contributed by atoms with Gasteiger partial charge < -0.3 is 14.9 Å². The van der Waals surface area contributed by atoms with E-state index in [-0.39, 0.29) is 24.3 Å². The molecule has 1 unspecified atom stereocenters. The predicted molar refractivity (Wildman–Crippen MR) is 125 cm³/mol. The van der Waals surface area contributed by atoms with Gasteiger partial charge in [-0.15, -0.1) is 11.3 Å². The number of aromatic nitrogens is 2. The maximum absolute atomic E-state index is 11.1. The molecule has 0 radical (unpaired) electrons. The molecule has 0 aliphatic heterocycles. The molecule has 5 rings (SSSR count). The van der Waals surface area contributed by atoms with E-state index in [4.69, 9.17) is 21.3 Å². The zero-order valence-corrected chi connectivity index (χ0v) is 18.8. The van der Waals surface area contributed by atoms with Crippen LogP contribution in [0.25, 0.3) is 21.3 Å². The van der Waals surface area contributed by atoms with Crippen LogP contribution in [0.3, 0.4) is 0 Å². The highest BCUT2D eigenvalue weighted by Crippen LogP contribution is 2.45. The number of aromatic hydroxyl groups is 2. The number of thiophene rings is 1. The third-order valence-electron chi connectivity index (χ3n) is 5.95. The number of fused-ring (bicyclic) bond motifs is 3. The molecule has 2 N–H and O–H groups in total. The van der Waals surface area contributed by atoms with Gasteiger partial charge in [-0.25, -0.2) is 4.98 Å². The quantitative estimate of drug-likeness (QED) is 0.375. The highest BCUT2D eigenvalue weighted by molar-refractivity contribution is 7.19. The van der Waals surface area contributed by atoms with Crippen LogP contribution in [-0.4, -0.2) is 32.9 Å². The van der Waals surface area contributed by atoms with Gasteiger partial charge in [0, 0.05) is 34.4 Å². The number of halogens is 1. The molecule has 0 amide bonds. The van der Waals surface area contributed by atoms with Crippen molar-refractivity contribution in [3.63, 3.8) is 0 Å². The normalized spacial score (nSPS) is 15.6. The Kier molecular flexibility index (Phi) is 5.27. The van der Waals surface area contributed by atoms with Crippen molar-refractivity contribution in [3.05, 3.63) is 62.5 Å². The highest BCUT2D eigenvalue weighted by atomic mass is 35.5. The van der Waals surface area contributed by atoms with Crippen molar-refractivity contribution in [1.82, 2.24) is 9.55 Å². The summed E-state index contributed by atoms with van der Waals surface area (Å²) in [5.74, 6) is 0.596. The average Bonchev–Trinajstić information content (AvgIpc) is 3.33. The molecular weight excluding hydrogens is 450 g/mol. The third-order valence-corrected chi connectivity index (χ3v) is 7.51. The Morgan fingerprint density at radius 3 is 2.59 bits per heavy atom. The Balaban J connectivity index is 1.74. The molecule has 0 bridgehead atoms. The van der Waals surface area contributed by atoms with Gasteiger partial charge in [0.05, 0.1) is 30.4 Å². The molecule has 0 saturated carbocycles. The number of rotatable bonds is 5. The SMILES string of the molecule is COc1ccc(-c2c(Cl)c(Cn3c(O)ccc3O)nc3sc4c(c23)CCC(N=O)C4)cc1. The molecule has 0 fully saturated rings. The van der Waals surface area contributed by atoms with E-state index < -0.39 is 0 Å². The largest absolute Gasteiger partial charge is 0.497 e. The number of methoxy groups -OCH3 is 1. The highest BCUT2D eigenvalue weighted by Gasteiger charge is 2.28. The molecule has 0 spiro atoms. The van der Waals surface area contributed by atoms with Crippen molar-refractivity contribution >= 4 is 33.2 Å². The first kappa shape index (κ1) is 20.8. The number of aryl methyl sites for hydroxylation is 1. The Bertz CT molecular complexity index is 1310. The van der Waals surface area contributed by atoms with Crippen LogP contribution in [0.5, 0.6) is 17.5 Å². The second-order valence-corrected chi connectivity index (χ2v) is 9.26. The van der Waals surface area contributed by atoms with Gasteiger partial charge in [-0.3, -0.25) is 4.57 Å². The Labute approximate surface area is 192 Å². The van der Waals surface area contributed by atoms with Gasteiger partial charge in [0.2, 0.25) is 0 Å². The molecule has 1 atom stereocenters. The van der Waals surface area contributed by atoms with Crippen LogP contribution >= 0.6 is 22.9 Å². The number of pyridine rings is 1. The minimum atomic E-state index is -0.219. The lowest BCUT2D eigenvalue weighted by molar-refractivity contribution is 0.376. The van der Waals surface area contributed by atoms with E-state index in [1.807, 2.05) is 24.3 Å².